The molecule has 1 aliphatic rings. The van der Waals surface area contributed by atoms with Crippen LogP contribution in [0.1, 0.15) is 25.1 Å². The highest BCUT2D eigenvalue weighted by molar-refractivity contribution is 8.00. The van der Waals surface area contributed by atoms with E-state index < -0.39 is 0 Å². The molecule has 0 atom stereocenters. The van der Waals surface area contributed by atoms with Gasteiger partial charge in [-0.1, -0.05) is 30.0 Å². The van der Waals surface area contributed by atoms with Crippen LogP contribution in [0.2, 0.25) is 0 Å². The van der Waals surface area contributed by atoms with E-state index in [2.05, 4.69) is 29.1 Å². The molecule has 4 aromatic rings. The van der Waals surface area contributed by atoms with E-state index in [1.165, 1.54) is 18.1 Å². The molecule has 152 valence electrons. The fraction of sp³-hybridized carbons (Fsp3) is 0.273. The van der Waals surface area contributed by atoms with Crippen molar-refractivity contribution in [1.29, 1.82) is 0 Å². The van der Waals surface area contributed by atoms with Crippen LogP contribution in [0.3, 0.4) is 0 Å². The van der Waals surface area contributed by atoms with Crippen molar-refractivity contribution in [2.75, 3.05) is 11.1 Å². The van der Waals surface area contributed by atoms with Crippen LogP contribution in [-0.4, -0.2) is 32.2 Å². The van der Waals surface area contributed by atoms with Gasteiger partial charge in [-0.15, -0.1) is 0 Å². The number of nitrogens with one attached hydrogen (secondary N) is 1. The molecule has 1 aromatic carbocycles. The Morgan fingerprint density at radius 3 is 2.90 bits per heavy atom. The zero-order valence-corrected chi connectivity index (χ0v) is 17.5. The number of pyridine rings is 1. The minimum absolute atomic E-state index is 0.109. The first kappa shape index (κ1) is 19.0. The molecule has 0 fully saturated rings. The van der Waals surface area contributed by atoms with Gasteiger partial charge in [-0.2, -0.15) is 0 Å². The highest BCUT2D eigenvalue weighted by Gasteiger charge is 2.28. The normalized spacial score (nSPS) is 15.3. The van der Waals surface area contributed by atoms with Crippen LogP contribution in [0.25, 0.3) is 22.2 Å². The van der Waals surface area contributed by atoms with Crippen molar-refractivity contribution in [3.8, 4) is 0 Å². The Balaban J connectivity index is 1.43. The lowest BCUT2D eigenvalue weighted by Crippen LogP contribution is -2.32. The second-order valence-corrected chi connectivity index (χ2v) is 8.80. The van der Waals surface area contributed by atoms with Gasteiger partial charge in [-0.3, -0.25) is 4.79 Å². The maximum absolute atomic E-state index is 12.3. The molecule has 0 spiro atoms. The van der Waals surface area contributed by atoms with Crippen LogP contribution >= 0.6 is 11.8 Å². The molecule has 30 heavy (non-hydrogen) atoms. The standard InChI is InChI=1S/C22H20N4O3S/c1-22(2)9-16-13(10-28-22)8-15-18-19(29-20(15)26-16)21(24-12-23-18)30-11-17(27)25-14-6-4-3-5-7-14/h3-8,12H,9-11H2,1-2H3,(H,25,27). The Morgan fingerprint density at radius 1 is 1.23 bits per heavy atom. The van der Waals surface area contributed by atoms with Gasteiger partial charge in [0, 0.05) is 17.7 Å². The van der Waals surface area contributed by atoms with Crippen molar-refractivity contribution in [3.05, 3.63) is 54.0 Å². The summed E-state index contributed by atoms with van der Waals surface area (Å²) in [7, 11) is 0. The van der Waals surface area contributed by atoms with Crippen molar-refractivity contribution in [2.45, 2.75) is 37.5 Å². The molecule has 1 aliphatic heterocycles. The number of ether oxygens (including phenoxy) is 1. The predicted molar refractivity (Wildman–Crippen MR) is 115 cm³/mol. The van der Waals surface area contributed by atoms with E-state index in [1.807, 2.05) is 36.4 Å². The average molecular weight is 420 g/mol. The molecule has 0 aliphatic carbocycles. The molecule has 5 rings (SSSR count). The Morgan fingerprint density at radius 2 is 2.07 bits per heavy atom. The van der Waals surface area contributed by atoms with E-state index in [4.69, 9.17) is 14.1 Å². The summed E-state index contributed by atoms with van der Waals surface area (Å²) in [5.74, 6) is 0.103. The van der Waals surface area contributed by atoms with Crippen molar-refractivity contribution in [3.63, 3.8) is 0 Å². The lowest BCUT2D eigenvalue weighted by Gasteiger charge is -2.30. The summed E-state index contributed by atoms with van der Waals surface area (Å²) in [5, 5.41) is 4.33. The Hall–Kier alpha value is -2.97. The molecule has 0 saturated heterocycles. The Labute approximate surface area is 177 Å². The van der Waals surface area contributed by atoms with Gasteiger partial charge in [-0.25, -0.2) is 15.0 Å². The van der Waals surface area contributed by atoms with Crippen molar-refractivity contribution < 1.29 is 13.9 Å². The smallest absolute Gasteiger partial charge is 0.234 e. The number of benzene rings is 1. The molecule has 3 aromatic heterocycles. The first-order valence-electron chi connectivity index (χ1n) is 9.66. The number of rotatable bonds is 4. The number of aromatic nitrogens is 3. The van der Waals surface area contributed by atoms with Crippen LogP contribution in [0.4, 0.5) is 5.69 Å². The molecular weight excluding hydrogens is 400 g/mol. The van der Waals surface area contributed by atoms with Gasteiger partial charge in [0.1, 0.15) is 16.9 Å². The molecule has 0 saturated carbocycles. The number of hydrogen-bond acceptors (Lipinski definition) is 7. The highest BCUT2D eigenvalue weighted by Crippen LogP contribution is 2.35. The SMILES string of the molecule is CC1(C)Cc2nc3oc4c(SCC(=O)Nc5ccccc5)ncnc4c3cc2CO1. The number of thioether (sulfide) groups is 1. The summed E-state index contributed by atoms with van der Waals surface area (Å²) in [6.45, 7) is 4.63. The Kier molecular flexibility index (Phi) is 4.67. The number of hydrogen-bond donors (Lipinski definition) is 1. The molecule has 4 heterocycles. The van der Waals surface area contributed by atoms with Crippen molar-refractivity contribution in [2.24, 2.45) is 0 Å². The Bertz CT molecular complexity index is 1250. The van der Waals surface area contributed by atoms with Crippen molar-refractivity contribution in [1.82, 2.24) is 15.0 Å². The second-order valence-electron chi connectivity index (χ2n) is 7.83. The van der Waals surface area contributed by atoms with Gasteiger partial charge in [0.15, 0.2) is 5.58 Å². The first-order chi connectivity index (χ1) is 14.5. The molecule has 7 nitrogen and oxygen atoms in total. The lowest BCUT2D eigenvalue weighted by molar-refractivity contribution is -0.113. The van der Waals surface area contributed by atoms with Gasteiger partial charge in [-0.05, 0) is 32.0 Å². The summed E-state index contributed by atoms with van der Waals surface area (Å²) >= 11 is 1.32. The molecule has 0 bridgehead atoms. The zero-order valence-electron chi connectivity index (χ0n) is 16.6. The van der Waals surface area contributed by atoms with Crippen LogP contribution in [0.15, 0.2) is 52.2 Å². The topological polar surface area (TPSA) is 90.1 Å². The number of carbonyl (C=O) groups excluding carboxylic acids is 1. The summed E-state index contributed by atoms with van der Waals surface area (Å²) in [4.78, 5) is 25.8. The van der Waals surface area contributed by atoms with Crippen LogP contribution in [-0.2, 0) is 22.6 Å². The van der Waals surface area contributed by atoms with E-state index in [0.717, 1.165) is 28.8 Å². The predicted octanol–water partition coefficient (Wildman–Crippen LogP) is 4.35. The minimum Gasteiger partial charge on any atom is -0.433 e. The average Bonchev–Trinajstić information content (AvgIpc) is 3.08. The number of furan rings is 1. The molecule has 0 unspecified atom stereocenters. The maximum Gasteiger partial charge on any atom is 0.234 e. The molecule has 0 radical (unpaired) electrons. The van der Waals surface area contributed by atoms with Gasteiger partial charge in [0.2, 0.25) is 11.6 Å². The molecule has 1 N–H and O–H groups in total. The molecule has 8 heteroatoms. The van der Waals surface area contributed by atoms with Crippen LogP contribution in [0, 0.1) is 0 Å². The van der Waals surface area contributed by atoms with E-state index >= 15 is 0 Å². The van der Waals surface area contributed by atoms with E-state index in [0.29, 0.717) is 28.4 Å². The number of amides is 1. The van der Waals surface area contributed by atoms with Gasteiger partial charge in [0.25, 0.3) is 0 Å². The second kappa shape index (κ2) is 7.37. The maximum atomic E-state index is 12.3. The van der Waals surface area contributed by atoms with Gasteiger partial charge in [0.05, 0.1) is 29.0 Å². The lowest BCUT2D eigenvalue weighted by atomic mass is 9.95. The third kappa shape index (κ3) is 3.64. The van der Waals surface area contributed by atoms with Crippen LogP contribution < -0.4 is 5.32 Å². The summed E-state index contributed by atoms with van der Waals surface area (Å²) in [6.07, 6.45) is 2.22. The van der Waals surface area contributed by atoms with E-state index in [9.17, 15) is 4.79 Å². The quantitative estimate of drug-likeness (QED) is 0.388. The van der Waals surface area contributed by atoms with Gasteiger partial charge >= 0.3 is 0 Å². The van der Waals surface area contributed by atoms with Crippen molar-refractivity contribution >= 4 is 45.6 Å². The zero-order chi connectivity index (χ0) is 20.7. The number of para-hydroxylation sites is 1. The number of carbonyl (C=O) groups is 1. The number of nitrogens with zero attached hydrogens (tertiary/aromatic N) is 3. The number of anilines is 1. The number of fused-ring (bicyclic) bond motifs is 4. The largest absolute Gasteiger partial charge is 0.433 e. The van der Waals surface area contributed by atoms with Crippen LogP contribution in [0.5, 0.6) is 0 Å². The molecular formula is C22H20N4O3S. The fourth-order valence-corrected chi connectivity index (χ4v) is 4.25. The summed E-state index contributed by atoms with van der Waals surface area (Å²) < 4.78 is 12.0. The summed E-state index contributed by atoms with van der Waals surface area (Å²) in [5.41, 5.74) is 4.36. The summed E-state index contributed by atoms with van der Waals surface area (Å²) in [6, 6.07) is 11.4. The monoisotopic (exact) mass is 420 g/mol. The minimum atomic E-state index is -0.243. The fourth-order valence-electron chi connectivity index (χ4n) is 3.52. The van der Waals surface area contributed by atoms with E-state index in [1.54, 1.807) is 0 Å². The van der Waals surface area contributed by atoms with E-state index in [-0.39, 0.29) is 17.3 Å². The first-order valence-corrected chi connectivity index (χ1v) is 10.6. The molecule has 1 amide bonds. The van der Waals surface area contributed by atoms with Gasteiger partial charge < -0.3 is 14.5 Å². The third-order valence-electron chi connectivity index (χ3n) is 4.99. The highest BCUT2D eigenvalue weighted by atomic mass is 32.2. The third-order valence-corrected chi connectivity index (χ3v) is 5.96.